The normalized spacial score (nSPS) is 51.8. The van der Waals surface area contributed by atoms with Crippen molar-refractivity contribution in [2.45, 2.75) is 51.2 Å². The second-order valence-electron chi connectivity index (χ2n) is 9.91. The number of allylic oxidation sites excluding steroid dienone is 4. The Labute approximate surface area is 165 Å². The lowest BCUT2D eigenvalue weighted by Crippen LogP contribution is -2.63. The molecule has 4 fully saturated rings. The van der Waals surface area contributed by atoms with E-state index >= 15 is 0 Å². The summed E-state index contributed by atoms with van der Waals surface area (Å²) < 4.78 is 0. The molecule has 0 bridgehead atoms. The van der Waals surface area contributed by atoms with Crippen LogP contribution in [0.5, 0.6) is 0 Å². The smallest absolute Gasteiger partial charge is 0.192 e. The van der Waals surface area contributed by atoms with Crippen LogP contribution in [0.15, 0.2) is 23.8 Å². The van der Waals surface area contributed by atoms with E-state index in [0.717, 1.165) is 24.8 Å². The Kier molecular flexibility index (Phi) is 3.90. The van der Waals surface area contributed by atoms with E-state index in [4.69, 9.17) is 4.84 Å². The summed E-state index contributed by atoms with van der Waals surface area (Å²) in [6.45, 7) is 4.28. The van der Waals surface area contributed by atoms with Gasteiger partial charge in [-0.25, -0.2) is 5.48 Å². The van der Waals surface area contributed by atoms with Crippen LogP contribution in [0.4, 0.5) is 0 Å². The largest absolute Gasteiger partial charge is 0.393 e. The quantitative estimate of drug-likeness (QED) is 0.662. The van der Waals surface area contributed by atoms with E-state index in [1.807, 2.05) is 6.08 Å². The van der Waals surface area contributed by atoms with Crippen LogP contribution >= 0.6 is 0 Å². The summed E-state index contributed by atoms with van der Waals surface area (Å²) in [5.74, 6) is 0.302. The van der Waals surface area contributed by atoms with Crippen molar-refractivity contribution in [1.82, 2.24) is 5.48 Å². The van der Waals surface area contributed by atoms with Crippen molar-refractivity contribution >= 4 is 11.6 Å². The highest BCUT2D eigenvalue weighted by atomic mass is 16.7. The molecule has 8 atom stereocenters. The molecule has 1 saturated heterocycles. The molecular weight excluding hydrogens is 358 g/mol. The fourth-order valence-corrected chi connectivity index (χ4v) is 7.88. The van der Waals surface area contributed by atoms with Gasteiger partial charge in [0.2, 0.25) is 0 Å². The van der Waals surface area contributed by atoms with E-state index in [1.54, 1.807) is 12.2 Å². The van der Waals surface area contributed by atoms with Gasteiger partial charge in [0.05, 0.1) is 6.10 Å². The van der Waals surface area contributed by atoms with Gasteiger partial charge in [-0.15, -0.1) is 0 Å². The number of aliphatic hydroxyl groups excluding tert-OH is 2. The van der Waals surface area contributed by atoms with Gasteiger partial charge >= 0.3 is 0 Å². The molecule has 0 aromatic heterocycles. The van der Waals surface area contributed by atoms with Crippen molar-refractivity contribution in [3.8, 4) is 0 Å². The van der Waals surface area contributed by atoms with Crippen LogP contribution < -0.4 is 5.48 Å². The molecule has 3 saturated carbocycles. The Morgan fingerprint density at radius 1 is 1.39 bits per heavy atom. The average Bonchev–Trinajstić information content (AvgIpc) is 3.18. The molecule has 0 aromatic carbocycles. The minimum atomic E-state index is -1.06. The second kappa shape index (κ2) is 5.85. The Balaban J connectivity index is 1.59. The van der Waals surface area contributed by atoms with Gasteiger partial charge in [-0.3, -0.25) is 14.4 Å². The SMILES string of the molecule is C[C@]12C=CC(=O)C=C1CC[C@@H]1[C@@H]2[C@@H](O)C[C@@]2(C)[C@H]1C[C@H]1CNO[C@]12C(=O)CO. The van der Waals surface area contributed by atoms with Crippen molar-refractivity contribution in [3.05, 3.63) is 23.8 Å². The number of aliphatic hydroxyl groups is 2. The minimum absolute atomic E-state index is 0.0151. The number of nitrogens with one attached hydrogen (secondary N) is 1. The Bertz CT molecular complexity index is 805. The molecule has 1 aliphatic heterocycles. The number of hydrogen-bond acceptors (Lipinski definition) is 6. The van der Waals surface area contributed by atoms with E-state index in [0.29, 0.717) is 13.0 Å². The fraction of sp³-hybridized carbons (Fsp3) is 0.727. The molecule has 6 heteroatoms. The van der Waals surface area contributed by atoms with Gasteiger partial charge < -0.3 is 10.2 Å². The molecule has 0 radical (unpaired) electrons. The van der Waals surface area contributed by atoms with Crippen LogP contribution in [0.1, 0.15) is 39.5 Å². The zero-order chi connectivity index (χ0) is 19.9. The number of carbonyl (C=O) groups excluding carboxylic acids is 2. The standard InChI is InChI=1S/C22H29NO5/c1-20-6-5-14(25)7-12(20)3-4-15-16-8-13-10-23-28-22(13,18(27)11-24)21(16,2)9-17(26)19(15)20/h5-7,13,15-17,19,23-24,26H,3-4,8-11H2,1-2H3/t13-,15-,16-,17-,19+,20-,21-,22-/m0/s1. The molecule has 5 rings (SSSR count). The Morgan fingerprint density at radius 2 is 2.18 bits per heavy atom. The summed E-state index contributed by atoms with van der Waals surface area (Å²) in [6, 6.07) is 0. The Hall–Kier alpha value is -1.34. The first-order valence-corrected chi connectivity index (χ1v) is 10.5. The number of hydrogen-bond donors (Lipinski definition) is 3. The third-order valence-electron chi connectivity index (χ3n) is 8.97. The van der Waals surface area contributed by atoms with Crippen LogP contribution in [0.3, 0.4) is 0 Å². The maximum atomic E-state index is 12.9. The molecular formula is C22H29NO5. The second-order valence-corrected chi connectivity index (χ2v) is 9.91. The molecule has 152 valence electrons. The molecule has 4 aliphatic carbocycles. The number of fused-ring (bicyclic) bond motifs is 7. The molecule has 0 spiro atoms. The molecule has 1 heterocycles. The van der Waals surface area contributed by atoms with Gasteiger partial charge in [-0.2, -0.15) is 0 Å². The monoisotopic (exact) mass is 387 g/mol. The van der Waals surface area contributed by atoms with Gasteiger partial charge in [-0.1, -0.05) is 25.5 Å². The van der Waals surface area contributed by atoms with E-state index < -0.39 is 23.7 Å². The zero-order valence-corrected chi connectivity index (χ0v) is 16.5. The first-order chi connectivity index (χ1) is 13.3. The average molecular weight is 387 g/mol. The van der Waals surface area contributed by atoms with Gasteiger partial charge in [-0.05, 0) is 49.7 Å². The van der Waals surface area contributed by atoms with Crippen LogP contribution in [0.2, 0.25) is 0 Å². The van der Waals surface area contributed by atoms with Crippen LogP contribution in [0, 0.1) is 34.5 Å². The number of rotatable bonds is 2. The summed E-state index contributed by atoms with van der Waals surface area (Å²) in [5.41, 5.74) is 2.14. The van der Waals surface area contributed by atoms with Crippen molar-refractivity contribution < 1.29 is 24.6 Å². The molecule has 0 amide bonds. The highest BCUT2D eigenvalue weighted by molar-refractivity contribution is 6.01. The lowest BCUT2D eigenvalue weighted by molar-refractivity contribution is -0.198. The predicted molar refractivity (Wildman–Crippen MR) is 101 cm³/mol. The highest BCUT2D eigenvalue weighted by Gasteiger charge is 2.74. The maximum Gasteiger partial charge on any atom is 0.192 e. The first kappa shape index (κ1) is 18.7. The molecule has 28 heavy (non-hydrogen) atoms. The van der Waals surface area contributed by atoms with E-state index in [1.165, 1.54) is 0 Å². The van der Waals surface area contributed by atoms with Gasteiger partial charge in [0, 0.05) is 29.2 Å². The van der Waals surface area contributed by atoms with Crippen LogP contribution in [-0.4, -0.2) is 46.6 Å². The Morgan fingerprint density at radius 3 is 2.93 bits per heavy atom. The fourth-order valence-electron chi connectivity index (χ4n) is 7.88. The molecule has 0 unspecified atom stereocenters. The summed E-state index contributed by atoms with van der Waals surface area (Å²) in [7, 11) is 0. The van der Waals surface area contributed by atoms with Crippen molar-refractivity contribution in [3.63, 3.8) is 0 Å². The molecule has 3 N–H and O–H groups in total. The number of hydroxylamine groups is 1. The number of carbonyl (C=O) groups is 2. The van der Waals surface area contributed by atoms with Crippen LogP contribution in [0.25, 0.3) is 0 Å². The van der Waals surface area contributed by atoms with Crippen molar-refractivity contribution in [2.24, 2.45) is 34.5 Å². The number of ketones is 2. The third kappa shape index (κ3) is 2.02. The van der Waals surface area contributed by atoms with Gasteiger partial charge in [0.15, 0.2) is 17.2 Å². The van der Waals surface area contributed by atoms with E-state index in [-0.39, 0.29) is 40.7 Å². The van der Waals surface area contributed by atoms with Gasteiger partial charge in [0.1, 0.15) is 6.61 Å². The summed E-state index contributed by atoms with van der Waals surface area (Å²) in [5, 5.41) is 21.1. The summed E-state index contributed by atoms with van der Waals surface area (Å²) >= 11 is 0. The summed E-state index contributed by atoms with van der Waals surface area (Å²) in [4.78, 5) is 30.7. The topological polar surface area (TPSA) is 95.9 Å². The lowest BCUT2D eigenvalue weighted by atomic mass is 9.46. The molecule has 6 nitrogen and oxygen atoms in total. The molecule has 0 aromatic rings. The number of Topliss-reactive ketones (excluding diaryl/α,β-unsaturated/α-hetero) is 1. The zero-order valence-electron chi connectivity index (χ0n) is 16.5. The minimum Gasteiger partial charge on any atom is -0.393 e. The highest BCUT2D eigenvalue weighted by Crippen LogP contribution is 2.69. The van der Waals surface area contributed by atoms with E-state index in [2.05, 4.69) is 19.3 Å². The lowest BCUT2D eigenvalue weighted by Gasteiger charge is -2.59. The van der Waals surface area contributed by atoms with E-state index in [9.17, 15) is 19.8 Å². The van der Waals surface area contributed by atoms with Crippen LogP contribution in [-0.2, 0) is 14.4 Å². The maximum absolute atomic E-state index is 12.9. The van der Waals surface area contributed by atoms with Gasteiger partial charge in [0.25, 0.3) is 0 Å². The third-order valence-corrected chi connectivity index (χ3v) is 8.97. The first-order valence-electron chi connectivity index (χ1n) is 10.5. The van der Waals surface area contributed by atoms with Crippen molar-refractivity contribution in [2.75, 3.05) is 13.2 Å². The predicted octanol–water partition coefficient (Wildman–Crippen LogP) is 1.33. The van der Waals surface area contributed by atoms with Crippen molar-refractivity contribution in [1.29, 1.82) is 0 Å². The molecule has 5 aliphatic rings. The summed E-state index contributed by atoms with van der Waals surface area (Å²) in [6.07, 6.45) is 7.88.